The van der Waals surface area contributed by atoms with Gasteiger partial charge in [0.2, 0.25) is 0 Å². The minimum absolute atomic E-state index is 0.0179. The van der Waals surface area contributed by atoms with Crippen LogP contribution in [-0.4, -0.2) is 20.4 Å². The Morgan fingerprint density at radius 3 is 2.75 bits per heavy atom. The third kappa shape index (κ3) is 1.04. The molecule has 0 amide bonds. The molecule has 12 heavy (non-hydrogen) atoms. The predicted molar refractivity (Wildman–Crippen MR) is 46.6 cm³/mol. The fourth-order valence-electron chi connectivity index (χ4n) is 1.15. The smallest absolute Gasteiger partial charge is 0.185 e. The van der Waals surface area contributed by atoms with Crippen molar-refractivity contribution in [3.8, 4) is 0 Å². The van der Waals surface area contributed by atoms with E-state index in [0.717, 1.165) is 0 Å². The maximum absolute atomic E-state index is 11.4. The van der Waals surface area contributed by atoms with E-state index >= 15 is 0 Å². The lowest BCUT2D eigenvalue weighted by atomic mass is 10.3. The topological polar surface area (TPSA) is 46.5 Å². The number of rotatable bonds is 0. The molecule has 62 valence electrons. The molecule has 0 aliphatic carbocycles. The van der Waals surface area contributed by atoms with Crippen LogP contribution in [0.25, 0.3) is 0 Å². The zero-order chi connectivity index (χ0) is 8.60. The van der Waals surface area contributed by atoms with Gasteiger partial charge < -0.3 is 0 Å². The van der Waals surface area contributed by atoms with Crippen molar-refractivity contribution < 1.29 is 8.42 Å². The van der Waals surface area contributed by atoms with Crippen LogP contribution in [0.2, 0.25) is 0 Å². The van der Waals surface area contributed by atoms with Crippen molar-refractivity contribution in [2.24, 2.45) is 4.99 Å². The Balaban J connectivity index is 2.77. The fraction of sp³-hybridized carbons (Fsp3) is 0.125. The number of nitrogens with zero attached hydrogens (tertiary/aromatic N) is 1. The van der Waals surface area contributed by atoms with Crippen LogP contribution in [0.4, 0.5) is 5.69 Å². The largest absolute Gasteiger partial charge is 0.259 e. The quantitative estimate of drug-likeness (QED) is 0.603. The summed E-state index contributed by atoms with van der Waals surface area (Å²) in [4.78, 5) is 4.32. The monoisotopic (exact) mass is 181 g/mol. The molecule has 1 aliphatic heterocycles. The lowest BCUT2D eigenvalue weighted by molar-refractivity contribution is 0.599. The third-order valence-corrected chi connectivity index (χ3v) is 3.33. The SMILES string of the molecule is O=S1(=O)CC=Nc2ccccc21. The van der Waals surface area contributed by atoms with Crippen LogP contribution in [-0.2, 0) is 9.84 Å². The minimum atomic E-state index is -3.09. The zero-order valence-corrected chi connectivity index (χ0v) is 7.08. The molecule has 3 nitrogen and oxygen atoms in total. The molecule has 0 saturated heterocycles. The Bertz CT molecular complexity index is 434. The molecule has 0 saturated carbocycles. The zero-order valence-electron chi connectivity index (χ0n) is 6.27. The van der Waals surface area contributed by atoms with Gasteiger partial charge in [-0.2, -0.15) is 0 Å². The van der Waals surface area contributed by atoms with Gasteiger partial charge in [-0.15, -0.1) is 0 Å². The molecule has 0 aromatic heterocycles. The number of aliphatic imine (C=N–C) groups is 1. The summed E-state index contributed by atoms with van der Waals surface area (Å²) in [6.45, 7) is 0. The van der Waals surface area contributed by atoms with Gasteiger partial charge in [0, 0.05) is 6.21 Å². The van der Waals surface area contributed by atoms with Crippen molar-refractivity contribution in [1.29, 1.82) is 0 Å². The maximum atomic E-state index is 11.4. The summed E-state index contributed by atoms with van der Waals surface area (Å²) in [5.74, 6) is 0.0179. The number of benzene rings is 1. The molecule has 1 aromatic rings. The molecular weight excluding hydrogens is 174 g/mol. The first-order valence-electron chi connectivity index (χ1n) is 3.54. The van der Waals surface area contributed by atoms with Crippen molar-refractivity contribution in [3.05, 3.63) is 24.3 Å². The predicted octanol–water partition coefficient (Wildman–Crippen LogP) is 1.18. The molecule has 0 unspecified atom stereocenters. The highest BCUT2D eigenvalue weighted by molar-refractivity contribution is 7.92. The normalized spacial score (nSPS) is 18.7. The van der Waals surface area contributed by atoms with Gasteiger partial charge in [0.15, 0.2) is 9.84 Å². The highest BCUT2D eigenvalue weighted by Crippen LogP contribution is 2.26. The lowest BCUT2D eigenvalue weighted by Crippen LogP contribution is -2.11. The molecule has 2 rings (SSSR count). The third-order valence-electron chi connectivity index (χ3n) is 1.72. The molecule has 0 N–H and O–H groups in total. The summed E-state index contributed by atoms with van der Waals surface area (Å²) in [5.41, 5.74) is 0.545. The van der Waals surface area contributed by atoms with E-state index < -0.39 is 9.84 Å². The summed E-state index contributed by atoms with van der Waals surface area (Å²) in [7, 11) is -3.09. The summed E-state index contributed by atoms with van der Waals surface area (Å²) < 4.78 is 22.8. The van der Waals surface area contributed by atoms with Crippen molar-refractivity contribution in [1.82, 2.24) is 0 Å². The second kappa shape index (κ2) is 2.42. The van der Waals surface area contributed by atoms with E-state index in [1.165, 1.54) is 6.21 Å². The molecular formula is C8H7NO2S. The second-order valence-electron chi connectivity index (χ2n) is 2.56. The van der Waals surface area contributed by atoms with E-state index in [9.17, 15) is 8.42 Å². The Morgan fingerprint density at radius 2 is 2.00 bits per heavy atom. The first-order valence-corrected chi connectivity index (χ1v) is 5.20. The van der Waals surface area contributed by atoms with E-state index in [-0.39, 0.29) is 5.75 Å². The van der Waals surface area contributed by atoms with E-state index in [0.29, 0.717) is 10.6 Å². The number of hydrogen-bond acceptors (Lipinski definition) is 3. The number of sulfone groups is 1. The Labute approximate surface area is 70.7 Å². The first-order chi connectivity index (χ1) is 5.70. The molecule has 1 aliphatic rings. The van der Waals surface area contributed by atoms with E-state index in [4.69, 9.17) is 0 Å². The van der Waals surface area contributed by atoms with Crippen LogP contribution in [0.15, 0.2) is 34.2 Å². The van der Waals surface area contributed by atoms with Gasteiger partial charge in [-0.25, -0.2) is 8.42 Å². The minimum Gasteiger partial charge on any atom is -0.259 e. The molecule has 0 spiro atoms. The van der Waals surface area contributed by atoms with Crippen LogP contribution in [0.5, 0.6) is 0 Å². The van der Waals surface area contributed by atoms with Crippen molar-refractivity contribution >= 4 is 21.7 Å². The van der Waals surface area contributed by atoms with Gasteiger partial charge >= 0.3 is 0 Å². The van der Waals surface area contributed by atoms with Crippen LogP contribution in [0.1, 0.15) is 0 Å². The van der Waals surface area contributed by atoms with Gasteiger partial charge in [0.05, 0.1) is 16.3 Å². The number of para-hydroxylation sites is 1. The van der Waals surface area contributed by atoms with Gasteiger partial charge in [0.25, 0.3) is 0 Å². The van der Waals surface area contributed by atoms with Crippen molar-refractivity contribution in [2.45, 2.75) is 4.90 Å². The van der Waals surface area contributed by atoms with Gasteiger partial charge in [-0.1, -0.05) is 12.1 Å². The first kappa shape index (κ1) is 7.49. The summed E-state index contributed by atoms with van der Waals surface area (Å²) >= 11 is 0. The van der Waals surface area contributed by atoms with Crippen LogP contribution >= 0.6 is 0 Å². The average molecular weight is 181 g/mol. The van der Waals surface area contributed by atoms with E-state index in [2.05, 4.69) is 4.99 Å². The second-order valence-corrected chi connectivity index (χ2v) is 4.56. The highest BCUT2D eigenvalue weighted by atomic mass is 32.2. The van der Waals surface area contributed by atoms with Gasteiger partial charge in [-0.05, 0) is 12.1 Å². The molecule has 0 radical (unpaired) electrons. The Morgan fingerprint density at radius 1 is 1.25 bits per heavy atom. The molecule has 0 bridgehead atoms. The Kier molecular flexibility index (Phi) is 1.51. The van der Waals surface area contributed by atoms with Crippen molar-refractivity contribution in [3.63, 3.8) is 0 Å². The lowest BCUT2D eigenvalue weighted by Gasteiger charge is -2.08. The average Bonchev–Trinajstić information content (AvgIpc) is 2.04. The van der Waals surface area contributed by atoms with Crippen LogP contribution < -0.4 is 0 Å². The standard InChI is InChI=1S/C8H7NO2S/c10-12(11)6-5-9-7-3-1-2-4-8(7)12/h1-5H,6H2. The summed E-state index contributed by atoms with van der Waals surface area (Å²) in [6.07, 6.45) is 1.43. The van der Waals surface area contributed by atoms with Crippen LogP contribution in [0.3, 0.4) is 0 Å². The number of hydrogen-bond donors (Lipinski definition) is 0. The Hall–Kier alpha value is -1.16. The number of fused-ring (bicyclic) bond motifs is 1. The molecule has 1 heterocycles. The molecule has 0 fully saturated rings. The van der Waals surface area contributed by atoms with E-state index in [1.807, 2.05) is 0 Å². The van der Waals surface area contributed by atoms with Crippen molar-refractivity contribution in [2.75, 3.05) is 5.75 Å². The van der Waals surface area contributed by atoms with Gasteiger partial charge in [-0.3, -0.25) is 4.99 Å². The summed E-state index contributed by atoms with van der Waals surface area (Å²) in [6, 6.07) is 6.76. The molecule has 1 aromatic carbocycles. The van der Waals surface area contributed by atoms with Crippen LogP contribution in [0, 0.1) is 0 Å². The molecule has 0 atom stereocenters. The van der Waals surface area contributed by atoms with E-state index in [1.54, 1.807) is 24.3 Å². The maximum Gasteiger partial charge on any atom is 0.185 e. The summed E-state index contributed by atoms with van der Waals surface area (Å²) in [5, 5.41) is 0. The molecule has 4 heteroatoms. The fourth-order valence-corrected chi connectivity index (χ4v) is 2.33. The van der Waals surface area contributed by atoms with Gasteiger partial charge in [0.1, 0.15) is 0 Å². The highest BCUT2D eigenvalue weighted by Gasteiger charge is 2.19.